The Balaban J connectivity index is 1.45. The van der Waals surface area contributed by atoms with Gasteiger partial charge in [-0.05, 0) is 43.1 Å². The number of fused-ring (bicyclic) bond motifs is 1. The summed E-state index contributed by atoms with van der Waals surface area (Å²) in [6, 6.07) is 9.40. The maximum absolute atomic E-state index is 14.7. The summed E-state index contributed by atoms with van der Waals surface area (Å²) in [5, 5.41) is 11.9. The zero-order valence-electron chi connectivity index (χ0n) is 19.8. The van der Waals surface area contributed by atoms with Crippen LogP contribution in [0.2, 0.25) is 0 Å². The van der Waals surface area contributed by atoms with Gasteiger partial charge in [-0.3, -0.25) is 4.79 Å². The number of rotatable bonds is 7. The second-order valence-electron chi connectivity index (χ2n) is 8.96. The van der Waals surface area contributed by atoms with Gasteiger partial charge in [-0.1, -0.05) is 17.3 Å². The number of carbonyl (C=O) groups excluding carboxylic acids is 1. The van der Waals surface area contributed by atoms with E-state index in [1.807, 2.05) is 11.9 Å². The molecule has 1 aliphatic heterocycles. The number of benzene rings is 1. The van der Waals surface area contributed by atoms with Crippen LogP contribution in [0.15, 0.2) is 46.3 Å². The third kappa shape index (κ3) is 5.62. The summed E-state index contributed by atoms with van der Waals surface area (Å²) >= 11 is 1.27. The minimum atomic E-state index is -4.51. The summed E-state index contributed by atoms with van der Waals surface area (Å²) in [6.07, 6.45) is -5.07. The second kappa shape index (κ2) is 10.1. The van der Waals surface area contributed by atoms with Crippen LogP contribution >= 0.6 is 11.3 Å². The Morgan fingerprint density at radius 3 is 2.84 bits per heavy atom. The Hall–Kier alpha value is -3.45. The molecule has 4 aromatic rings. The van der Waals surface area contributed by atoms with Crippen molar-refractivity contribution in [2.24, 2.45) is 0 Å². The third-order valence-corrected chi connectivity index (χ3v) is 7.08. The van der Waals surface area contributed by atoms with Gasteiger partial charge in [0.05, 0.1) is 23.0 Å². The lowest BCUT2D eigenvalue weighted by Crippen LogP contribution is -2.46. The first-order valence-corrected chi connectivity index (χ1v) is 12.5. The van der Waals surface area contributed by atoms with Gasteiger partial charge in [0.1, 0.15) is 18.4 Å². The van der Waals surface area contributed by atoms with Crippen LogP contribution in [0.5, 0.6) is 0 Å². The number of hydrogen-bond acceptors (Lipinski definition) is 7. The number of anilines is 1. The molecule has 1 amide bonds. The SMILES string of the molecule is CN1CC[C@H](Nc2cccc3c2cc(-c2nc(CNC(=O)c4cccs4)no2)n3CC(F)(F)F)[C@H](F)C1. The highest BCUT2D eigenvalue weighted by molar-refractivity contribution is 7.12. The first-order chi connectivity index (χ1) is 17.7. The van der Waals surface area contributed by atoms with Crippen LogP contribution in [0.25, 0.3) is 22.5 Å². The van der Waals surface area contributed by atoms with Crippen LogP contribution in [-0.4, -0.2) is 64.0 Å². The topological polar surface area (TPSA) is 88.2 Å². The van der Waals surface area contributed by atoms with E-state index >= 15 is 0 Å². The summed E-state index contributed by atoms with van der Waals surface area (Å²) in [4.78, 5) is 18.8. The maximum atomic E-state index is 14.7. The highest BCUT2D eigenvalue weighted by Gasteiger charge is 2.32. The van der Waals surface area contributed by atoms with E-state index in [2.05, 4.69) is 20.8 Å². The van der Waals surface area contributed by atoms with E-state index in [1.54, 1.807) is 35.7 Å². The zero-order chi connectivity index (χ0) is 26.2. The van der Waals surface area contributed by atoms with Crippen molar-refractivity contribution >= 4 is 33.8 Å². The number of nitrogens with zero attached hydrogens (tertiary/aromatic N) is 4. The van der Waals surface area contributed by atoms with Crippen LogP contribution < -0.4 is 10.6 Å². The molecule has 2 atom stereocenters. The van der Waals surface area contributed by atoms with E-state index in [0.29, 0.717) is 34.4 Å². The average Bonchev–Trinajstić information content (AvgIpc) is 3.59. The van der Waals surface area contributed by atoms with Crippen LogP contribution in [0.1, 0.15) is 21.9 Å². The van der Waals surface area contributed by atoms with Gasteiger partial charge in [-0.25, -0.2) is 4.39 Å². The Bertz CT molecular complexity index is 1380. The number of aromatic nitrogens is 3. The number of alkyl halides is 4. The number of likely N-dealkylation sites (tertiary alicyclic amines) is 1. The molecule has 0 aliphatic carbocycles. The molecule has 1 aliphatic rings. The molecular weight excluding hydrogens is 512 g/mol. The quantitative estimate of drug-likeness (QED) is 0.333. The molecule has 0 saturated carbocycles. The predicted octanol–water partition coefficient (Wildman–Crippen LogP) is 4.70. The molecule has 1 saturated heterocycles. The molecule has 0 bridgehead atoms. The van der Waals surface area contributed by atoms with Crippen molar-refractivity contribution in [2.75, 3.05) is 25.5 Å². The van der Waals surface area contributed by atoms with Crippen molar-refractivity contribution in [3.8, 4) is 11.6 Å². The lowest BCUT2D eigenvalue weighted by molar-refractivity contribution is -0.139. The fourth-order valence-corrected chi connectivity index (χ4v) is 5.08. The molecule has 4 heterocycles. The van der Waals surface area contributed by atoms with E-state index in [9.17, 15) is 22.4 Å². The monoisotopic (exact) mass is 536 g/mol. The van der Waals surface area contributed by atoms with Crippen molar-refractivity contribution in [1.82, 2.24) is 24.9 Å². The van der Waals surface area contributed by atoms with E-state index in [1.165, 1.54) is 17.4 Å². The van der Waals surface area contributed by atoms with Gasteiger partial charge in [0.15, 0.2) is 5.82 Å². The molecule has 1 aromatic carbocycles. The number of hydrogen-bond donors (Lipinski definition) is 2. The zero-order valence-corrected chi connectivity index (χ0v) is 20.6. The van der Waals surface area contributed by atoms with Crippen LogP contribution in [0.4, 0.5) is 23.2 Å². The molecular formula is C24H24F4N6O2S. The summed E-state index contributed by atoms with van der Waals surface area (Å²) in [5.41, 5.74) is 0.899. The maximum Gasteiger partial charge on any atom is 0.406 e. The minimum Gasteiger partial charge on any atom is -0.379 e. The summed E-state index contributed by atoms with van der Waals surface area (Å²) < 4.78 is 61.7. The van der Waals surface area contributed by atoms with Crippen molar-refractivity contribution in [2.45, 2.75) is 37.9 Å². The molecule has 37 heavy (non-hydrogen) atoms. The Morgan fingerprint density at radius 2 is 2.11 bits per heavy atom. The first kappa shape index (κ1) is 25.2. The fourth-order valence-electron chi connectivity index (χ4n) is 4.44. The molecule has 0 unspecified atom stereocenters. The predicted molar refractivity (Wildman–Crippen MR) is 131 cm³/mol. The Morgan fingerprint density at radius 1 is 1.27 bits per heavy atom. The number of nitrogens with one attached hydrogen (secondary N) is 2. The van der Waals surface area contributed by atoms with Gasteiger partial charge in [-0.2, -0.15) is 18.2 Å². The molecule has 5 rings (SSSR count). The van der Waals surface area contributed by atoms with Gasteiger partial charge in [-0.15, -0.1) is 11.3 Å². The number of piperidine rings is 1. The molecule has 8 nitrogen and oxygen atoms in total. The van der Waals surface area contributed by atoms with Crippen molar-refractivity contribution in [3.05, 3.63) is 52.5 Å². The number of amides is 1. The third-order valence-electron chi connectivity index (χ3n) is 6.21. The first-order valence-electron chi connectivity index (χ1n) is 11.6. The summed E-state index contributed by atoms with van der Waals surface area (Å²) in [7, 11) is 1.85. The smallest absolute Gasteiger partial charge is 0.379 e. The van der Waals surface area contributed by atoms with Gasteiger partial charge in [0.25, 0.3) is 11.8 Å². The van der Waals surface area contributed by atoms with Gasteiger partial charge < -0.3 is 24.6 Å². The molecule has 3 aromatic heterocycles. The van der Waals surface area contributed by atoms with E-state index < -0.39 is 24.9 Å². The van der Waals surface area contributed by atoms with Gasteiger partial charge in [0.2, 0.25) is 0 Å². The normalized spacial score (nSPS) is 18.8. The Kier molecular flexibility index (Phi) is 6.90. The molecule has 13 heteroatoms. The van der Waals surface area contributed by atoms with Crippen molar-refractivity contribution < 1.29 is 26.9 Å². The van der Waals surface area contributed by atoms with E-state index in [-0.39, 0.29) is 36.4 Å². The largest absolute Gasteiger partial charge is 0.406 e. The molecule has 1 fully saturated rings. The number of halogens is 4. The van der Waals surface area contributed by atoms with Crippen LogP contribution in [0, 0.1) is 0 Å². The van der Waals surface area contributed by atoms with Crippen molar-refractivity contribution in [3.63, 3.8) is 0 Å². The summed E-state index contributed by atoms with van der Waals surface area (Å²) in [5.74, 6) is -0.313. The molecule has 2 N–H and O–H groups in total. The summed E-state index contributed by atoms with van der Waals surface area (Å²) in [6.45, 7) is -0.341. The molecule has 196 valence electrons. The number of thiophene rings is 1. The van der Waals surface area contributed by atoms with Crippen LogP contribution in [-0.2, 0) is 13.1 Å². The molecule has 0 radical (unpaired) electrons. The molecule has 0 spiro atoms. The van der Waals surface area contributed by atoms with E-state index in [4.69, 9.17) is 4.52 Å². The highest BCUT2D eigenvalue weighted by atomic mass is 32.1. The van der Waals surface area contributed by atoms with Crippen molar-refractivity contribution in [1.29, 1.82) is 0 Å². The van der Waals surface area contributed by atoms with Gasteiger partial charge in [0, 0.05) is 24.2 Å². The lowest BCUT2D eigenvalue weighted by Gasteiger charge is -2.33. The average molecular weight is 537 g/mol. The van der Waals surface area contributed by atoms with Gasteiger partial charge >= 0.3 is 6.18 Å². The minimum absolute atomic E-state index is 0.0550. The highest BCUT2D eigenvalue weighted by Crippen LogP contribution is 2.35. The van der Waals surface area contributed by atoms with Crippen LogP contribution in [0.3, 0.4) is 0 Å². The Labute approximate surface area is 213 Å². The standard InChI is InChI=1S/C24H24F4N6O2S/c1-33-8-7-17(15(25)12-33)30-16-4-2-5-18-14(16)10-19(34(18)13-24(26,27)28)23-31-21(32-36-23)11-29-22(35)20-6-3-9-37-20/h2-6,9-10,15,17,30H,7-8,11-13H2,1H3,(H,29,35)/t15-,17+/m1/s1. The fraction of sp³-hybridized carbons (Fsp3) is 0.375. The number of carbonyl (C=O) groups is 1. The lowest BCUT2D eigenvalue weighted by atomic mass is 10.0. The second-order valence-corrected chi connectivity index (χ2v) is 9.91. The van der Waals surface area contributed by atoms with E-state index in [0.717, 1.165) is 4.57 Å².